The monoisotopic (exact) mass is 648 g/mol. The third-order valence-corrected chi connectivity index (χ3v) is 8.42. The van der Waals surface area contributed by atoms with Gasteiger partial charge in [0.15, 0.2) is 18.8 Å². The van der Waals surface area contributed by atoms with Gasteiger partial charge in [-0.1, -0.05) is 0 Å². The van der Waals surface area contributed by atoms with E-state index < -0.39 is 125 Å². The lowest BCUT2D eigenvalue weighted by Gasteiger charge is -2.42. The second kappa shape index (κ2) is 13.7. The van der Waals surface area contributed by atoms with Crippen molar-refractivity contribution in [2.75, 3.05) is 19.8 Å². The quantitative estimate of drug-likeness (QED) is 0.105. The van der Waals surface area contributed by atoms with Crippen LogP contribution in [0.3, 0.4) is 0 Å². The van der Waals surface area contributed by atoms with Crippen molar-refractivity contribution in [2.24, 2.45) is 0 Å². The number of rotatable bonds is 10. The highest BCUT2D eigenvalue weighted by atomic mass is 31.2. The van der Waals surface area contributed by atoms with Crippen LogP contribution in [-0.4, -0.2) is 160 Å². The number of nitrogens with zero attached hydrogens (tertiary/aromatic N) is 1. The minimum absolute atomic E-state index is 0.740. The van der Waals surface area contributed by atoms with Crippen molar-refractivity contribution < 1.29 is 83.4 Å². The largest absolute Gasteiger partial charge is 0.479 e. The molecule has 22 heteroatoms. The lowest BCUT2D eigenvalue weighted by Crippen LogP contribution is -2.60. The summed E-state index contributed by atoms with van der Waals surface area (Å²) in [6.07, 6.45) is -25.2. The van der Waals surface area contributed by atoms with Gasteiger partial charge in [0.25, 0.3) is 5.56 Å². The number of aromatic amines is 1. The maximum Gasteiger partial charge on any atom is 0.479 e. The second-order valence-corrected chi connectivity index (χ2v) is 11.5. The van der Waals surface area contributed by atoms with E-state index in [0.717, 1.165) is 16.8 Å². The minimum atomic E-state index is -5.31. The topological polar surface area (TPSA) is 330 Å². The molecule has 3 saturated heterocycles. The molecule has 1 aromatic rings. The number of ether oxygens (including phenoxy) is 3. The average Bonchev–Trinajstić information content (AvgIpc) is 3.25. The van der Waals surface area contributed by atoms with Crippen molar-refractivity contribution >= 4 is 7.82 Å². The Labute approximate surface area is 240 Å². The highest BCUT2D eigenvalue weighted by Crippen LogP contribution is 2.54. The molecular formula is C21H33N2O19P. The maximum absolute atomic E-state index is 13.8. The van der Waals surface area contributed by atoms with E-state index in [1.807, 2.05) is 4.98 Å². The van der Waals surface area contributed by atoms with E-state index in [0.29, 0.717) is 0 Å². The summed E-state index contributed by atoms with van der Waals surface area (Å²) in [4.78, 5) is 25.4. The molecule has 246 valence electrons. The van der Waals surface area contributed by atoms with Gasteiger partial charge in [-0.3, -0.25) is 27.9 Å². The van der Waals surface area contributed by atoms with Crippen LogP contribution in [-0.2, 0) is 32.3 Å². The molecule has 0 bridgehead atoms. The van der Waals surface area contributed by atoms with Crippen LogP contribution < -0.4 is 11.2 Å². The number of phosphoric acid groups is 1. The lowest BCUT2D eigenvalue weighted by atomic mass is 9.99. The molecule has 4 heterocycles. The first kappa shape index (κ1) is 34.1. The molecule has 21 nitrogen and oxygen atoms in total. The van der Waals surface area contributed by atoms with E-state index in [9.17, 15) is 65.2 Å². The summed E-state index contributed by atoms with van der Waals surface area (Å²) in [5.74, 6) is 0. The molecule has 4 rings (SSSR count). The Morgan fingerprint density at radius 2 is 1.21 bits per heavy atom. The second-order valence-electron chi connectivity index (χ2n) is 9.91. The summed E-state index contributed by atoms with van der Waals surface area (Å²) in [6, 6.07) is 0.935. The fourth-order valence-corrected chi connectivity index (χ4v) is 5.90. The van der Waals surface area contributed by atoms with E-state index in [1.54, 1.807) is 0 Å². The molecule has 43 heavy (non-hydrogen) atoms. The van der Waals surface area contributed by atoms with Crippen LogP contribution in [0.5, 0.6) is 0 Å². The van der Waals surface area contributed by atoms with Gasteiger partial charge < -0.3 is 65.3 Å². The van der Waals surface area contributed by atoms with Crippen molar-refractivity contribution in [1.82, 2.24) is 9.55 Å². The normalized spacial score (nSPS) is 42.3. The number of hydrogen-bond donors (Lipinski definition) is 11. The fourth-order valence-electron chi connectivity index (χ4n) is 4.54. The first-order valence-electron chi connectivity index (χ1n) is 12.8. The summed E-state index contributed by atoms with van der Waals surface area (Å²) >= 11 is 0. The SMILES string of the molecule is O=c1ccn(C2OC(COP(=O)(O[C@@H]3O[C@H](CO)[C@@H](O)[C@H](O)[C@H]3O)O[C@@H]3O[C@H](CO)[C@@H](O)[C@H](O)[C@H]3O)C(O)C2O)c(=O)[nH]1. The van der Waals surface area contributed by atoms with Gasteiger partial charge in [0.2, 0.25) is 0 Å². The Balaban J connectivity index is 1.57. The number of H-pyrrole nitrogens is 1. The zero-order chi connectivity index (χ0) is 31.8. The summed E-state index contributed by atoms with van der Waals surface area (Å²) in [6.45, 7) is -2.80. The van der Waals surface area contributed by atoms with Crippen molar-refractivity contribution in [1.29, 1.82) is 0 Å². The van der Waals surface area contributed by atoms with Crippen LogP contribution in [0.1, 0.15) is 6.23 Å². The molecule has 0 radical (unpaired) electrons. The van der Waals surface area contributed by atoms with Crippen molar-refractivity contribution in [3.8, 4) is 0 Å². The molecule has 3 fully saturated rings. The van der Waals surface area contributed by atoms with Crippen molar-refractivity contribution in [3.05, 3.63) is 33.1 Å². The van der Waals surface area contributed by atoms with Crippen LogP contribution in [0.2, 0.25) is 0 Å². The van der Waals surface area contributed by atoms with Crippen molar-refractivity contribution in [3.63, 3.8) is 0 Å². The van der Waals surface area contributed by atoms with E-state index in [-0.39, 0.29) is 0 Å². The van der Waals surface area contributed by atoms with E-state index in [1.165, 1.54) is 0 Å². The van der Waals surface area contributed by atoms with Gasteiger partial charge in [-0.25, -0.2) is 9.36 Å². The van der Waals surface area contributed by atoms with Gasteiger partial charge in [-0.2, -0.15) is 0 Å². The first-order valence-corrected chi connectivity index (χ1v) is 14.2. The molecule has 0 spiro atoms. The Kier molecular flexibility index (Phi) is 10.9. The van der Waals surface area contributed by atoms with Gasteiger partial charge in [0.1, 0.15) is 67.1 Å². The highest BCUT2D eigenvalue weighted by Gasteiger charge is 2.52. The van der Waals surface area contributed by atoms with Gasteiger partial charge in [-0.15, -0.1) is 0 Å². The molecule has 4 unspecified atom stereocenters. The predicted molar refractivity (Wildman–Crippen MR) is 131 cm³/mol. The summed E-state index contributed by atoms with van der Waals surface area (Å²) < 4.78 is 45.8. The Bertz CT molecular complexity index is 1200. The molecule has 11 N–H and O–H groups in total. The number of hydrogen-bond acceptors (Lipinski definition) is 19. The first-order chi connectivity index (χ1) is 20.2. The van der Waals surface area contributed by atoms with Crippen molar-refractivity contribution in [2.45, 2.75) is 86.0 Å². The molecule has 1 aromatic heterocycles. The van der Waals surface area contributed by atoms with Crippen LogP contribution >= 0.6 is 7.82 Å². The molecule has 0 amide bonds. The molecule has 0 aliphatic carbocycles. The Morgan fingerprint density at radius 3 is 1.67 bits per heavy atom. The third kappa shape index (κ3) is 7.08. The highest BCUT2D eigenvalue weighted by molar-refractivity contribution is 7.48. The summed E-state index contributed by atoms with van der Waals surface area (Å²) in [7, 11) is -5.31. The Hall–Kier alpha value is -1.73. The lowest BCUT2D eigenvalue weighted by molar-refractivity contribution is -0.297. The smallest absolute Gasteiger partial charge is 0.394 e. The number of nitrogens with one attached hydrogen (secondary N) is 1. The minimum Gasteiger partial charge on any atom is -0.394 e. The standard InChI is InChI=1S/C21H33N2O19P/c24-3-6-10(27)13(30)16(33)19(39-6)41-43(36,42-20-17(34)14(31)11(28)7(4-25)40-20)37-5-8-12(29)15(32)18(38-8)23-2-1-9(26)22-21(23)35/h1-2,6-8,10-20,24-25,27-34H,3-5H2,(H,22,26,35)/t6-,7-,8?,10-,11-,12?,13+,14+,15?,16-,17-,18?,19+,20+/m1/s1. The number of aliphatic hydroxyl groups is 10. The van der Waals surface area contributed by atoms with E-state index in [4.69, 9.17) is 27.8 Å². The molecule has 3 aliphatic heterocycles. The number of phosphoric ester groups is 1. The van der Waals surface area contributed by atoms with Gasteiger partial charge in [-0.05, 0) is 0 Å². The Morgan fingerprint density at radius 1 is 0.721 bits per heavy atom. The van der Waals surface area contributed by atoms with Gasteiger partial charge in [0.05, 0.1) is 19.8 Å². The van der Waals surface area contributed by atoms with Crippen LogP contribution in [0.15, 0.2) is 21.9 Å². The molecule has 0 aromatic carbocycles. The van der Waals surface area contributed by atoms with E-state index >= 15 is 0 Å². The zero-order valence-corrected chi connectivity index (χ0v) is 22.8. The predicted octanol–water partition coefficient (Wildman–Crippen LogP) is -7.09. The molecule has 0 saturated carbocycles. The number of aliphatic hydroxyl groups excluding tert-OH is 10. The van der Waals surface area contributed by atoms with Gasteiger partial charge >= 0.3 is 13.5 Å². The summed E-state index contributed by atoms with van der Waals surface area (Å²) in [5, 5.41) is 101. The zero-order valence-electron chi connectivity index (χ0n) is 21.9. The average molecular weight is 648 g/mol. The van der Waals surface area contributed by atoms with Crippen LogP contribution in [0.4, 0.5) is 0 Å². The maximum atomic E-state index is 13.8. The van der Waals surface area contributed by atoms with Crippen LogP contribution in [0.25, 0.3) is 0 Å². The fraction of sp³-hybridized carbons (Fsp3) is 0.810. The van der Waals surface area contributed by atoms with Gasteiger partial charge in [0, 0.05) is 12.3 Å². The third-order valence-electron chi connectivity index (χ3n) is 7.02. The van der Waals surface area contributed by atoms with E-state index in [2.05, 4.69) is 0 Å². The molecule has 14 atom stereocenters. The van der Waals surface area contributed by atoms with Crippen LogP contribution in [0, 0.1) is 0 Å². The molecular weight excluding hydrogens is 615 g/mol. The molecule has 3 aliphatic rings. The summed E-state index contributed by atoms with van der Waals surface area (Å²) in [5.41, 5.74) is -1.77. The number of aromatic nitrogens is 2.